The highest BCUT2D eigenvalue weighted by atomic mass is 16.6. The SMILES string of the molecule is CCCCCCn1c(=O)c(OC)c(OC/C=C(\C)CCC=C(C)C)c2ccc([N+](=O)[O-])cc21. The average molecular weight is 457 g/mol. The van der Waals surface area contributed by atoms with Crippen LogP contribution in [0, 0.1) is 10.1 Å². The van der Waals surface area contributed by atoms with Gasteiger partial charge in [0.05, 0.1) is 17.5 Å². The fourth-order valence-electron chi connectivity index (χ4n) is 3.70. The van der Waals surface area contributed by atoms with Gasteiger partial charge in [0.2, 0.25) is 5.75 Å². The van der Waals surface area contributed by atoms with E-state index in [1.165, 1.54) is 30.4 Å². The first kappa shape index (κ1) is 26.2. The van der Waals surface area contributed by atoms with Gasteiger partial charge in [-0.15, -0.1) is 0 Å². The smallest absolute Gasteiger partial charge is 0.297 e. The van der Waals surface area contributed by atoms with Crippen molar-refractivity contribution in [2.24, 2.45) is 0 Å². The van der Waals surface area contributed by atoms with Crippen LogP contribution in [-0.4, -0.2) is 23.2 Å². The van der Waals surface area contributed by atoms with Crippen LogP contribution in [-0.2, 0) is 6.54 Å². The predicted octanol–water partition coefficient (Wildman–Crippen LogP) is 6.57. The fourth-order valence-corrected chi connectivity index (χ4v) is 3.70. The Labute approximate surface area is 195 Å². The summed E-state index contributed by atoms with van der Waals surface area (Å²) < 4.78 is 13.1. The van der Waals surface area contributed by atoms with Crippen molar-refractivity contribution < 1.29 is 14.4 Å². The largest absolute Gasteiger partial charge is 0.488 e. The van der Waals surface area contributed by atoms with Crippen molar-refractivity contribution in [1.29, 1.82) is 0 Å². The number of non-ortho nitro benzene ring substituents is 1. The molecule has 0 unspecified atom stereocenters. The van der Waals surface area contributed by atoms with Crippen LogP contribution in [0.15, 0.2) is 46.3 Å². The maximum absolute atomic E-state index is 13.2. The molecule has 180 valence electrons. The zero-order chi connectivity index (χ0) is 24.4. The van der Waals surface area contributed by atoms with Crippen molar-refractivity contribution in [3.8, 4) is 11.5 Å². The number of pyridine rings is 1. The highest BCUT2D eigenvalue weighted by Gasteiger charge is 2.21. The third-order valence-electron chi connectivity index (χ3n) is 5.56. The van der Waals surface area contributed by atoms with E-state index >= 15 is 0 Å². The van der Waals surface area contributed by atoms with Crippen LogP contribution < -0.4 is 15.0 Å². The molecule has 0 radical (unpaired) electrons. The van der Waals surface area contributed by atoms with E-state index in [9.17, 15) is 14.9 Å². The van der Waals surface area contributed by atoms with Crippen LogP contribution in [0.2, 0.25) is 0 Å². The quantitative estimate of drug-likeness (QED) is 0.147. The normalized spacial score (nSPS) is 11.5. The zero-order valence-electron chi connectivity index (χ0n) is 20.5. The summed E-state index contributed by atoms with van der Waals surface area (Å²) in [6, 6.07) is 4.52. The molecule has 1 heterocycles. The molecule has 0 saturated heterocycles. The molecule has 0 spiro atoms. The molecule has 0 aliphatic rings. The summed E-state index contributed by atoms with van der Waals surface area (Å²) in [6.07, 6.45) is 10.0. The Morgan fingerprint density at radius 3 is 2.52 bits per heavy atom. The molecule has 0 bridgehead atoms. The highest BCUT2D eigenvalue weighted by molar-refractivity contribution is 5.89. The molecule has 0 aliphatic carbocycles. The number of nitrogens with zero attached hydrogens (tertiary/aromatic N) is 2. The lowest BCUT2D eigenvalue weighted by Gasteiger charge is -2.17. The number of hydrogen-bond donors (Lipinski definition) is 0. The van der Waals surface area contributed by atoms with Crippen LogP contribution in [0.1, 0.15) is 66.2 Å². The molecule has 2 rings (SSSR count). The summed E-state index contributed by atoms with van der Waals surface area (Å²) in [5, 5.41) is 12.0. The van der Waals surface area contributed by atoms with Gasteiger partial charge in [0.15, 0.2) is 5.75 Å². The molecule has 7 heteroatoms. The van der Waals surface area contributed by atoms with Gasteiger partial charge >= 0.3 is 0 Å². The minimum Gasteiger partial charge on any atom is -0.488 e. The molecule has 2 aromatic rings. The van der Waals surface area contributed by atoms with Crippen LogP contribution in [0.25, 0.3) is 10.9 Å². The molecule has 0 aliphatic heterocycles. The summed E-state index contributed by atoms with van der Waals surface area (Å²) in [5.74, 6) is 0.452. The molecular formula is C26H36N2O5. The Morgan fingerprint density at radius 2 is 1.88 bits per heavy atom. The summed E-state index contributed by atoms with van der Waals surface area (Å²) in [4.78, 5) is 24.2. The van der Waals surface area contributed by atoms with E-state index in [2.05, 4.69) is 33.8 Å². The molecule has 1 aromatic heterocycles. The number of fused-ring (bicyclic) bond motifs is 1. The van der Waals surface area contributed by atoms with Gasteiger partial charge in [-0.1, -0.05) is 43.4 Å². The number of aryl methyl sites for hydroxylation is 1. The van der Waals surface area contributed by atoms with Crippen molar-refractivity contribution in [3.05, 3.63) is 62.0 Å². The number of ether oxygens (including phenoxy) is 2. The van der Waals surface area contributed by atoms with Crippen molar-refractivity contribution in [2.75, 3.05) is 13.7 Å². The Morgan fingerprint density at radius 1 is 1.12 bits per heavy atom. The number of allylic oxidation sites excluding steroid dienone is 3. The maximum atomic E-state index is 13.2. The lowest BCUT2D eigenvalue weighted by Crippen LogP contribution is -2.23. The number of hydrogen-bond acceptors (Lipinski definition) is 5. The Kier molecular flexibility index (Phi) is 10.2. The zero-order valence-corrected chi connectivity index (χ0v) is 20.5. The van der Waals surface area contributed by atoms with Crippen molar-refractivity contribution in [1.82, 2.24) is 4.57 Å². The van der Waals surface area contributed by atoms with E-state index in [1.807, 2.05) is 6.08 Å². The van der Waals surface area contributed by atoms with E-state index in [0.29, 0.717) is 23.2 Å². The van der Waals surface area contributed by atoms with Gasteiger partial charge in [-0.3, -0.25) is 14.9 Å². The van der Waals surface area contributed by atoms with Gasteiger partial charge in [-0.2, -0.15) is 0 Å². The van der Waals surface area contributed by atoms with E-state index in [0.717, 1.165) is 38.5 Å². The first-order chi connectivity index (χ1) is 15.8. The van der Waals surface area contributed by atoms with E-state index in [4.69, 9.17) is 9.47 Å². The second-order valence-corrected chi connectivity index (χ2v) is 8.52. The van der Waals surface area contributed by atoms with E-state index < -0.39 is 4.92 Å². The lowest BCUT2D eigenvalue weighted by molar-refractivity contribution is -0.384. The summed E-state index contributed by atoms with van der Waals surface area (Å²) in [5.41, 5.74) is 2.58. The number of aromatic nitrogens is 1. The van der Waals surface area contributed by atoms with Gasteiger partial charge in [0.1, 0.15) is 6.61 Å². The minimum atomic E-state index is -0.450. The molecule has 33 heavy (non-hydrogen) atoms. The molecule has 0 N–H and O–H groups in total. The number of unbranched alkanes of at least 4 members (excludes halogenated alkanes) is 3. The highest BCUT2D eigenvalue weighted by Crippen LogP contribution is 2.34. The van der Waals surface area contributed by atoms with Gasteiger partial charge in [0.25, 0.3) is 11.2 Å². The van der Waals surface area contributed by atoms with E-state index in [1.54, 1.807) is 10.6 Å². The van der Waals surface area contributed by atoms with Crippen LogP contribution in [0.5, 0.6) is 11.5 Å². The topological polar surface area (TPSA) is 83.6 Å². The van der Waals surface area contributed by atoms with Crippen molar-refractivity contribution in [3.63, 3.8) is 0 Å². The third-order valence-corrected chi connectivity index (χ3v) is 5.56. The number of methoxy groups -OCH3 is 1. The summed E-state index contributed by atoms with van der Waals surface area (Å²) in [7, 11) is 1.45. The Bertz CT molecular complexity index is 1080. The van der Waals surface area contributed by atoms with Gasteiger partial charge in [-0.05, 0) is 52.2 Å². The molecular weight excluding hydrogens is 420 g/mol. The summed E-state index contributed by atoms with van der Waals surface area (Å²) >= 11 is 0. The molecule has 7 nitrogen and oxygen atoms in total. The predicted molar refractivity (Wildman–Crippen MR) is 133 cm³/mol. The number of nitro groups is 1. The number of benzene rings is 1. The number of nitro benzene ring substituents is 1. The molecule has 0 saturated carbocycles. The monoisotopic (exact) mass is 456 g/mol. The fraction of sp³-hybridized carbons (Fsp3) is 0.500. The minimum absolute atomic E-state index is 0.0599. The van der Waals surface area contributed by atoms with E-state index in [-0.39, 0.29) is 23.6 Å². The van der Waals surface area contributed by atoms with Gasteiger partial charge in [-0.25, -0.2) is 0 Å². The van der Waals surface area contributed by atoms with Gasteiger partial charge in [0, 0.05) is 24.1 Å². The Hall–Kier alpha value is -3.09. The molecule has 1 aromatic carbocycles. The van der Waals surface area contributed by atoms with Crippen molar-refractivity contribution in [2.45, 2.75) is 72.8 Å². The Balaban J connectivity index is 2.43. The van der Waals surface area contributed by atoms with Crippen LogP contribution in [0.4, 0.5) is 5.69 Å². The maximum Gasteiger partial charge on any atom is 0.297 e. The first-order valence-electron chi connectivity index (χ1n) is 11.6. The van der Waals surface area contributed by atoms with Crippen LogP contribution >= 0.6 is 0 Å². The third kappa shape index (κ3) is 7.20. The molecule has 0 atom stereocenters. The van der Waals surface area contributed by atoms with Gasteiger partial charge < -0.3 is 14.0 Å². The van der Waals surface area contributed by atoms with Crippen molar-refractivity contribution >= 4 is 16.6 Å². The second-order valence-electron chi connectivity index (χ2n) is 8.52. The lowest BCUT2D eigenvalue weighted by atomic mass is 10.1. The second kappa shape index (κ2) is 12.8. The molecule has 0 amide bonds. The van der Waals surface area contributed by atoms with Crippen LogP contribution in [0.3, 0.4) is 0 Å². The average Bonchev–Trinajstić information content (AvgIpc) is 2.77. The first-order valence-corrected chi connectivity index (χ1v) is 11.6. The summed E-state index contributed by atoms with van der Waals surface area (Å²) in [6.45, 7) is 9.08. The number of rotatable bonds is 13. The molecule has 0 fully saturated rings. The standard InChI is InChI=1S/C26H36N2O5/c1-6-7-8-9-16-27-23-18-21(28(30)31)13-14-22(23)24(25(32-5)26(27)29)33-17-15-20(4)12-10-11-19(2)3/h11,13-15,18H,6-10,12,16-17H2,1-5H3/b20-15+.